The standard InChI is InChI=1S/C16H19NO4/c1-8-6-5-7-12-10(3)14(21-13(8)12)15(18)17-11(4)9(2)16(19)20/h5-7,9,11H,1-4H3,(H,17,18)(H,19,20). The molecule has 2 unspecified atom stereocenters. The number of fused-ring (bicyclic) bond motifs is 1. The van der Waals surface area contributed by atoms with Crippen LogP contribution in [0.15, 0.2) is 22.6 Å². The molecule has 0 aliphatic rings. The minimum atomic E-state index is -0.944. The SMILES string of the molecule is Cc1c(C(=O)NC(C)C(C)C(=O)O)oc2c(C)cccc12. The summed E-state index contributed by atoms with van der Waals surface area (Å²) < 4.78 is 5.67. The second-order valence-electron chi connectivity index (χ2n) is 5.40. The Bertz CT molecular complexity index is 702. The molecule has 0 radical (unpaired) electrons. The Morgan fingerprint density at radius 2 is 1.90 bits per heavy atom. The summed E-state index contributed by atoms with van der Waals surface area (Å²) in [5.41, 5.74) is 2.42. The van der Waals surface area contributed by atoms with Gasteiger partial charge in [-0.2, -0.15) is 0 Å². The molecule has 1 aromatic heterocycles. The molecule has 0 aliphatic heterocycles. The summed E-state index contributed by atoms with van der Waals surface area (Å²) >= 11 is 0. The number of carbonyl (C=O) groups is 2. The number of aryl methyl sites for hydroxylation is 2. The van der Waals surface area contributed by atoms with Gasteiger partial charge in [0, 0.05) is 17.0 Å². The maximum absolute atomic E-state index is 12.3. The number of para-hydroxylation sites is 1. The topological polar surface area (TPSA) is 79.5 Å². The number of nitrogens with one attached hydrogen (secondary N) is 1. The maximum atomic E-state index is 12.3. The van der Waals surface area contributed by atoms with Crippen molar-refractivity contribution in [2.45, 2.75) is 33.7 Å². The van der Waals surface area contributed by atoms with Gasteiger partial charge in [-0.15, -0.1) is 0 Å². The number of hydrogen-bond acceptors (Lipinski definition) is 3. The summed E-state index contributed by atoms with van der Waals surface area (Å²) in [6, 6.07) is 5.25. The second-order valence-corrected chi connectivity index (χ2v) is 5.40. The van der Waals surface area contributed by atoms with E-state index in [2.05, 4.69) is 5.32 Å². The van der Waals surface area contributed by atoms with Gasteiger partial charge in [0.1, 0.15) is 5.58 Å². The number of carbonyl (C=O) groups excluding carboxylic acids is 1. The first-order chi connectivity index (χ1) is 9.82. The van der Waals surface area contributed by atoms with Crippen molar-refractivity contribution in [3.8, 4) is 0 Å². The molecule has 1 amide bonds. The van der Waals surface area contributed by atoms with Crippen LogP contribution in [-0.4, -0.2) is 23.0 Å². The number of hydrogen-bond donors (Lipinski definition) is 2. The summed E-state index contributed by atoms with van der Waals surface area (Å²) in [7, 11) is 0. The molecule has 2 rings (SSSR count). The van der Waals surface area contributed by atoms with Crippen molar-refractivity contribution in [2.75, 3.05) is 0 Å². The fourth-order valence-electron chi connectivity index (χ4n) is 2.21. The van der Waals surface area contributed by atoms with Gasteiger partial charge in [-0.05, 0) is 33.3 Å². The van der Waals surface area contributed by atoms with Gasteiger partial charge in [-0.1, -0.05) is 18.2 Å². The molecule has 0 saturated carbocycles. The molecule has 0 spiro atoms. The Morgan fingerprint density at radius 3 is 2.48 bits per heavy atom. The zero-order valence-corrected chi connectivity index (χ0v) is 12.6. The van der Waals surface area contributed by atoms with E-state index in [-0.39, 0.29) is 11.7 Å². The van der Waals surface area contributed by atoms with E-state index >= 15 is 0 Å². The number of aliphatic carboxylic acids is 1. The molecule has 2 atom stereocenters. The van der Waals surface area contributed by atoms with Crippen LogP contribution in [0.5, 0.6) is 0 Å². The van der Waals surface area contributed by atoms with E-state index in [0.29, 0.717) is 5.58 Å². The minimum Gasteiger partial charge on any atom is -0.481 e. The molecule has 0 bridgehead atoms. The Labute approximate surface area is 122 Å². The Morgan fingerprint density at radius 1 is 1.24 bits per heavy atom. The highest BCUT2D eigenvalue weighted by atomic mass is 16.4. The third kappa shape index (κ3) is 2.77. The average molecular weight is 289 g/mol. The van der Waals surface area contributed by atoms with Crippen molar-refractivity contribution in [1.29, 1.82) is 0 Å². The van der Waals surface area contributed by atoms with E-state index < -0.39 is 17.9 Å². The van der Waals surface area contributed by atoms with Gasteiger partial charge >= 0.3 is 5.97 Å². The van der Waals surface area contributed by atoms with Gasteiger partial charge in [-0.25, -0.2) is 0 Å². The predicted octanol–water partition coefficient (Wildman–Crippen LogP) is 2.89. The lowest BCUT2D eigenvalue weighted by atomic mass is 10.0. The molecule has 2 N–H and O–H groups in total. The second kappa shape index (κ2) is 5.60. The van der Waals surface area contributed by atoms with E-state index in [4.69, 9.17) is 9.52 Å². The first-order valence-corrected chi connectivity index (χ1v) is 6.85. The zero-order chi connectivity index (χ0) is 15.7. The Kier molecular flexibility index (Phi) is 4.02. The lowest BCUT2D eigenvalue weighted by Crippen LogP contribution is -2.40. The van der Waals surface area contributed by atoms with Crippen LogP contribution >= 0.6 is 0 Å². The monoisotopic (exact) mass is 289 g/mol. The first-order valence-electron chi connectivity index (χ1n) is 6.85. The van der Waals surface area contributed by atoms with Gasteiger partial charge in [-0.3, -0.25) is 9.59 Å². The number of benzene rings is 1. The van der Waals surface area contributed by atoms with E-state index in [1.807, 2.05) is 32.0 Å². The van der Waals surface area contributed by atoms with Crippen LogP contribution in [0, 0.1) is 19.8 Å². The predicted molar refractivity (Wildman–Crippen MR) is 79.4 cm³/mol. The smallest absolute Gasteiger partial charge is 0.308 e. The van der Waals surface area contributed by atoms with Gasteiger partial charge in [0.25, 0.3) is 5.91 Å². The number of amides is 1. The molecule has 1 heterocycles. The molecule has 21 heavy (non-hydrogen) atoms. The molecule has 5 heteroatoms. The number of carboxylic acids is 1. The van der Waals surface area contributed by atoms with Crippen molar-refractivity contribution in [2.24, 2.45) is 5.92 Å². The van der Waals surface area contributed by atoms with Gasteiger partial charge in [0.05, 0.1) is 5.92 Å². The van der Waals surface area contributed by atoms with Crippen LogP contribution in [-0.2, 0) is 4.79 Å². The van der Waals surface area contributed by atoms with Crippen LogP contribution in [0.2, 0.25) is 0 Å². The molecule has 1 aromatic carbocycles. The Balaban J connectivity index is 2.30. The average Bonchev–Trinajstić information content (AvgIpc) is 2.77. The molecule has 2 aromatic rings. The van der Waals surface area contributed by atoms with Gasteiger partial charge in [0.2, 0.25) is 0 Å². The lowest BCUT2D eigenvalue weighted by Gasteiger charge is -2.17. The fourth-order valence-corrected chi connectivity index (χ4v) is 2.21. The summed E-state index contributed by atoms with van der Waals surface area (Å²) in [5.74, 6) is -1.76. The van der Waals surface area contributed by atoms with Gasteiger partial charge in [0.15, 0.2) is 5.76 Å². The molecule has 112 valence electrons. The fraction of sp³-hybridized carbons (Fsp3) is 0.375. The van der Waals surface area contributed by atoms with Crippen molar-refractivity contribution in [3.63, 3.8) is 0 Å². The van der Waals surface area contributed by atoms with Crippen molar-refractivity contribution >= 4 is 22.8 Å². The molecule has 5 nitrogen and oxygen atoms in total. The van der Waals surface area contributed by atoms with Crippen LogP contribution in [0.1, 0.15) is 35.5 Å². The highest BCUT2D eigenvalue weighted by molar-refractivity contribution is 5.99. The minimum absolute atomic E-state index is 0.240. The van der Waals surface area contributed by atoms with Crippen LogP contribution in [0.4, 0.5) is 0 Å². The largest absolute Gasteiger partial charge is 0.481 e. The molecular formula is C16H19NO4. The van der Waals surface area contributed by atoms with Crippen molar-refractivity contribution < 1.29 is 19.1 Å². The highest BCUT2D eigenvalue weighted by Gasteiger charge is 2.24. The zero-order valence-electron chi connectivity index (χ0n) is 12.6. The summed E-state index contributed by atoms with van der Waals surface area (Å²) in [5, 5.41) is 12.6. The maximum Gasteiger partial charge on any atom is 0.308 e. The first kappa shape index (κ1) is 15.1. The quantitative estimate of drug-likeness (QED) is 0.907. The normalized spacial score (nSPS) is 13.9. The van der Waals surface area contributed by atoms with E-state index in [1.165, 1.54) is 0 Å². The lowest BCUT2D eigenvalue weighted by molar-refractivity contribution is -0.141. The van der Waals surface area contributed by atoms with E-state index in [0.717, 1.165) is 16.5 Å². The number of carboxylic acid groups (broad SMARTS) is 1. The molecule has 0 fully saturated rings. The third-order valence-electron chi connectivity index (χ3n) is 3.87. The summed E-state index contributed by atoms with van der Waals surface area (Å²) in [6.07, 6.45) is 0. The molecular weight excluding hydrogens is 270 g/mol. The van der Waals surface area contributed by atoms with Gasteiger partial charge < -0.3 is 14.8 Å². The van der Waals surface area contributed by atoms with Crippen LogP contribution in [0.3, 0.4) is 0 Å². The van der Waals surface area contributed by atoms with Crippen LogP contribution < -0.4 is 5.32 Å². The molecule has 0 aliphatic carbocycles. The van der Waals surface area contributed by atoms with Crippen molar-refractivity contribution in [3.05, 3.63) is 35.1 Å². The highest BCUT2D eigenvalue weighted by Crippen LogP contribution is 2.27. The van der Waals surface area contributed by atoms with E-state index in [1.54, 1.807) is 13.8 Å². The molecule has 0 saturated heterocycles. The third-order valence-corrected chi connectivity index (χ3v) is 3.87. The number of rotatable bonds is 4. The summed E-state index contributed by atoms with van der Waals surface area (Å²) in [6.45, 7) is 6.97. The number of furan rings is 1. The van der Waals surface area contributed by atoms with E-state index in [9.17, 15) is 9.59 Å². The Hall–Kier alpha value is -2.30. The van der Waals surface area contributed by atoms with Crippen molar-refractivity contribution in [1.82, 2.24) is 5.32 Å². The van der Waals surface area contributed by atoms with Crippen LogP contribution in [0.25, 0.3) is 11.0 Å². The summed E-state index contributed by atoms with van der Waals surface area (Å²) in [4.78, 5) is 23.2.